The Hall–Kier alpha value is 0.860. The standard InChI is InChI=1S/C20H44P2/c1-3-5-7-9-11-13-15-17-19-21-22-20-18-16-14-12-10-8-6-4-2/h21-22H,3-20H2,1-2H3/p+1. The minimum atomic E-state index is 0.813. The summed E-state index contributed by atoms with van der Waals surface area (Å²) in [7, 11) is 2.15. The van der Waals surface area contributed by atoms with Gasteiger partial charge in [-0.15, -0.1) is 0 Å². The van der Waals surface area contributed by atoms with E-state index >= 15 is 0 Å². The Morgan fingerprint density at radius 2 is 0.909 bits per heavy atom. The summed E-state index contributed by atoms with van der Waals surface area (Å²) in [5.41, 5.74) is 0. The molecular weight excluding hydrogens is 302 g/mol. The van der Waals surface area contributed by atoms with Crippen molar-refractivity contribution in [3.8, 4) is 0 Å². The molecule has 2 unspecified atom stereocenters. The van der Waals surface area contributed by atoms with Crippen LogP contribution in [0.2, 0.25) is 0 Å². The second kappa shape index (κ2) is 21.9. The maximum Gasteiger partial charge on any atom is 0.0569 e. The van der Waals surface area contributed by atoms with Crippen molar-refractivity contribution in [2.75, 3.05) is 12.3 Å². The van der Waals surface area contributed by atoms with Gasteiger partial charge < -0.3 is 0 Å². The van der Waals surface area contributed by atoms with Gasteiger partial charge in [0.25, 0.3) is 0 Å². The van der Waals surface area contributed by atoms with Crippen molar-refractivity contribution in [2.45, 2.75) is 117 Å². The Kier molecular flexibility index (Phi) is 22.7. The molecule has 22 heavy (non-hydrogen) atoms. The topological polar surface area (TPSA) is 0 Å². The number of hydrogen-bond donors (Lipinski definition) is 0. The van der Waals surface area contributed by atoms with Crippen molar-refractivity contribution in [2.24, 2.45) is 0 Å². The molecule has 0 aliphatic heterocycles. The molecule has 134 valence electrons. The average Bonchev–Trinajstić information content (AvgIpc) is 2.54. The van der Waals surface area contributed by atoms with Crippen LogP contribution in [0.5, 0.6) is 0 Å². The maximum absolute atomic E-state index is 2.30. The summed E-state index contributed by atoms with van der Waals surface area (Å²) in [6.07, 6.45) is 26.8. The monoisotopic (exact) mass is 347 g/mol. The molecule has 0 nitrogen and oxygen atoms in total. The molecular formula is C20H45P2+. The van der Waals surface area contributed by atoms with E-state index in [4.69, 9.17) is 0 Å². The normalized spacial score (nSPS) is 12.3. The Morgan fingerprint density at radius 1 is 0.500 bits per heavy atom. The quantitative estimate of drug-likeness (QED) is 0.163. The highest BCUT2D eigenvalue weighted by molar-refractivity contribution is 8.11. The highest BCUT2D eigenvalue weighted by Crippen LogP contribution is 2.38. The first-order valence-electron chi connectivity index (χ1n) is 10.5. The van der Waals surface area contributed by atoms with Crippen molar-refractivity contribution in [1.82, 2.24) is 0 Å². The van der Waals surface area contributed by atoms with Gasteiger partial charge in [-0.3, -0.25) is 0 Å². The molecule has 0 fully saturated rings. The fourth-order valence-corrected chi connectivity index (χ4v) is 6.75. The van der Waals surface area contributed by atoms with Crippen LogP contribution in [0.4, 0.5) is 0 Å². The number of hydrogen-bond acceptors (Lipinski definition) is 0. The zero-order valence-electron chi connectivity index (χ0n) is 15.8. The third-order valence-electron chi connectivity index (χ3n) is 4.52. The van der Waals surface area contributed by atoms with Crippen molar-refractivity contribution in [3.05, 3.63) is 0 Å². The van der Waals surface area contributed by atoms with E-state index in [1.54, 1.807) is 12.3 Å². The van der Waals surface area contributed by atoms with E-state index in [-0.39, 0.29) is 0 Å². The lowest BCUT2D eigenvalue weighted by Crippen LogP contribution is -1.82. The van der Waals surface area contributed by atoms with Crippen LogP contribution in [0.3, 0.4) is 0 Å². The molecule has 0 saturated carbocycles. The van der Waals surface area contributed by atoms with E-state index in [1.165, 1.54) is 111 Å². The summed E-state index contributed by atoms with van der Waals surface area (Å²) < 4.78 is 0. The van der Waals surface area contributed by atoms with Gasteiger partial charge >= 0.3 is 0 Å². The Morgan fingerprint density at radius 3 is 1.41 bits per heavy atom. The smallest absolute Gasteiger partial charge is 0.0569 e. The molecule has 0 amide bonds. The van der Waals surface area contributed by atoms with E-state index in [2.05, 4.69) is 13.8 Å². The molecule has 0 bridgehead atoms. The van der Waals surface area contributed by atoms with Crippen molar-refractivity contribution in [1.29, 1.82) is 0 Å². The van der Waals surface area contributed by atoms with Crippen LogP contribution in [0.1, 0.15) is 117 Å². The summed E-state index contributed by atoms with van der Waals surface area (Å²) in [6, 6.07) is 0. The van der Waals surface area contributed by atoms with Gasteiger partial charge in [-0.2, -0.15) is 0 Å². The first-order valence-corrected chi connectivity index (χ1v) is 14.3. The lowest BCUT2D eigenvalue weighted by molar-refractivity contribution is 0.586. The lowest BCUT2D eigenvalue weighted by atomic mass is 10.1. The predicted molar refractivity (Wildman–Crippen MR) is 113 cm³/mol. The van der Waals surface area contributed by atoms with Gasteiger partial charge in [-0.1, -0.05) is 97.3 Å². The molecule has 0 heterocycles. The van der Waals surface area contributed by atoms with Gasteiger partial charge in [0.1, 0.15) is 0 Å². The molecule has 2 atom stereocenters. The third kappa shape index (κ3) is 20.9. The Bertz CT molecular complexity index is 163. The fraction of sp³-hybridized carbons (Fsp3) is 1.00. The lowest BCUT2D eigenvalue weighted by Gasteiger charge is -2.01. The minimum Gasteiger partial charge on any atom is -0.0654 e. The first kappa shape index (κ1) is 22.9. The third-order valence-corrected chi connectivity index (χ3v) is 8.75. The zero-order chi connectivity index (χ0) is 16.1. The molecule has 0 spiro atoms. The van der Waals surface area contributed by atoms with Crippen molar-refractivity contribution in [3.63, 3.8) is 0 Å². The van der Waals surface area contributed by atoms with E-state index < -0.39 is 0 Å². The van der Waals surface area contributed by atoms with Crippen LogP contribution in [-0.4, -0.2) is 12.3 Å². The van der Waals surface area contributed by atoms with Gasteiger partial charge in [0.2, 0.25) is 0 Å². The van der Waals surface area contributed by atoms with Gasteiger partial charge in [-0.05, 0) is 25.4 Å². The molecule has 0 aromatic carbocycles. The van der Waals surface area contributed by atoms with Crippen LogP contribution in [0.25, 0.3) is 0 Å². The summed E-state index contributed by atoms with van der Waals surface area (Å²) in [4.78, 5) is 0. The van der Waals surface area contributed by atoms with Crippen LogP contribution < -0.4 is 0 Å². The van der Waals surface area contributed by atoms with Crippen molar-refractivity contribution >= 4 is 16.5 Å². The van der Waals surface area contributed by atoms with Gasteiger partial charge in [0.05, 0.1) is 6.16 Å². The second-order valence-corrected chi connectivity index (χ2v) is 11.2. The van der Waals surface area contributed by atoms with Gasteiger partial charge in [0.15, 0.2) is 0 Å². The summed E-state index contributed by atoms with van der Waals surface area (Å²) >= 11 is 0. The number of rotatable bonds is 19. The van der Waals surface area contributed by atoms with E-state index in [1.807, 2.05) is 0 Å². The molecule has 0 aromatic heterocycles. The molecule has 0 rings (SSSR count). The minimum absolute atomic E-state index is 0.813. The van der Waals surface area contributed by atoms with Crippen LogP contribution in [0.15, 0.2) is 0 Å². The summed E-state index contributed by atoms with van der Waals surface area (Å²) in [5.74, 6) is 0. The molecule has 0 aromatic rings. The average molecular weight is 348 g/mol. The molecule has 0 N–H and O–H groups in total. The molecule has 0 aliphatic rings. The molecule has 2 heteroatoms. The summed E-state index contributed by atoms with van der Waals surface area (Å²) in [6.45, 7) is 4.61. The Balaban J connectivity index is 2.91. The highest BCUT2D eigenvalue weighted by Gasteiger charge is 1.98. The van der Waals surface area contributed by atoms with Crippen LogP contribution >= 0.6 is 16.5 Å². The van der Waals surface area contributed by atoms with E-state index in [9.17, 15) is 0 Å². The SMILES string of the molecule is CCCCCCCCCCP[PH2+]CCCCCCCCCC. The Labute approximate surface area is 145 Å². The predicted octanol–water partition coefficient (Wildman–Crippen LogP) is 8.27. The molecule has 0 radical (unpaired) electrons. The van der Waals surface area contributed by atoms with Gasteiger partial charge in [0, 0.05) is 16.5 Å². The highest BCUT2D eigenvalue weighted by atomic mass is 32.0. The largest absolute Gasteiger partial charge is 0.0654 e. The second-order valence-electron chi connectivity index (χ2n) is 6.90. The molecule has 0 saturated heterocycles. The fourth-order valence-electron chi connectivity index (χ4n) is 2.95. The van der Waals surface area contributed by atoms with Gasteiger partial charge in [-0.25, -0.2) is 0 Å². The van der Waals surface area contributed by atoms with Crippen LogP contribution in [0, 0.1) is 0 Å². The number of unbranched alkanes of at least 4 members (excludes halogenated alkanes) is 14. The molecule has 0 aliphatic carbocycles. The van der Waals surface area contributed by atoms with Crippen LogP contribution in [-0.2, 0) is 0 Å². The maximum atomic E-state index is 2.30. The summed E-state index contributed by atoms with van der Waals surface area (Å²) in [5, 5.41) is 0. The first-order chi connectivity index (χ1) is 10.9. The van der Waals surface area contributed by atoms with E-state index in [0.29, 0.717) is 0 Å². The van der Waals surface area contributed by atoms with E-state index in [0.717, 1.165) is 8.27 Å². The zero-order valence-corrected chi connectivity index (χ0v) is 18.0. The van der Waals surface area contributed by atoms with Crippen molar-refractivity contribution < 1.29 is 0 Å².